The molecule has 6 aromatic carbocycles. The molecular formula is C55H37N9. The Morgan fingerprint density at radius 2 is 0.781 bits per heavy atom. The standard InChI is InChI=1S/C55H37N9/c1-36-15-3-2-14-26-62(48-21-9-4-16-43(36)48)40-30-56-53(57-31-40)37-27-38(54-58-32-41(33-59-54)63-49-22-10-5-17-44(49)45-18-6-11-23-50(45)63)29-39(28-37)55-60-34-42(35-61-55)64-51-24-12-7-19-46(51)47-20-8-13-25-52(47)64/h2-25,27-35H,1,26H2/b14-2-,15-3-. The Morgan fingerprint density at radius 1 is 0.406 bits per heavy atom. The number of nitrogens with zero attached hydrogens (tertiary/aromatic N) is 9. The van der Waals surface area contributed by atoms with Gasteiger partial charge in [0.1, 0.15) is 0 Å². The lowest BCUT2D eigenvalue weighted by Crippen LogP contribution is -2.18. The predicted octanol–water partition coefficient (Wildman–Crippen LogP) is 12.5. The van der Waals surface area contributed by atoms with E-state index in [0.717, 1.165) is 72.6 Å². The largest absolute Gasteiger partial charge is 0.335 e. The maximum atomic E-state index is 4.98. The van der Waals surface area contributed by atoms with Crippen molar-refractivity contribution in [1.29, 1.82) is 0 Å². The third kappa shape index (κ3) is 6.25. The van der Waals surface area contributed by atoms with E-state index in [1.165, 1.54) is 21.5 Å². The zero-order chi connectivity index (χ0) is 42.6. The second-order valence-electron chi connectivity index (χ2n) is 15.8. The first-order chi connectivity index (χ1) is 31.7. The van der Waals surface area contributed by atoms with Crippen LogP contribution >= 0.6 is 0 Å². The molecule has 5 aromatic heterocycles. The Kier molecular flexibility index (Phi) is 8.82. The summed E-state index contributed by atoms with van der Waals surface area (Å²) in [5, 5.41) is 4.72. The van der Waals surface area contributed by atoms with Crippen LogP contribution in [0.25, 0.3) is 94.7 Å². The van der Waals surface area contributed by atoms with Gasteiger partial charge in [-0.25, -0.2) is 29.9 Å². The van der Waals surface area contributed by atoms with Crippen LogP contribution in [0.4, 0.5) is 11.4 Å². The molecule has 0 unspecified atom stereocenters. The van der Waals surface area contributed by atoms with Crippen LogP contribution in [0.15, 0.2) is 208 Å². The lowest BCUT2D eigenvalue weighted by Gasteiger charge is -2.25. The molecule has 12 rings (SSSR count). The highest BCUT2D eigenvalue weighted by molar-refractivity contribution is 6.10. The molecule has 6 heterocycles. The number of hydrogen-bond acceptors (Lipinski definition) is 7. The van der Waals surface area contributed by atoms with Crippen molar-refractivity contribution in [2.24, 2.45) is 0 Å². The van der Waals surface area contributed by atoms with Gasteiger partial charge in [-0.05, 0) is 54.1 Å². The van der Waals surface area contributed by atoms with Gasteiger partial charge in [0, 0.05) is 56.0 Å². The van der Waals surface area contributed by atoms with E-state index in [0.29, 0.717) is 24.0 Å². The van der Waals surface area contributed by atoms with Gasteiger partial charge in [0.25, 0.3) is 0 Å². The van der Waals surface area contributed by atoms with Gasteiger partial charge in [-0.2, -0.15) is 0 Å². The van der Waals surface area contributed by atoms with Gasteiger partial charge >= 0.3 is 0 Å². The second-order valence-corrected chi connectivity index (χ2v) is 15.8. The van der Waals surface area contributed by atoms with E-state index in [2.05, 4.69) is 136 Å². The van der Waals surface area contributed by atoms with Crippen molar-refractivity contribution in [3.05, 3.63) is 213 Å². The zero-order valence-electron chi connectivity index (χ0n) is 34.5. The molecule has 11 aromatic rings. The van der Waals surface area contributed by atoms with Crippen molar-refractivity contribution in [2.75, 3.05) is 11.4 Å². The van der Waals surface area contributed by atoms with E-state index >= 15 is 0 Å². The minimum Gasteiger partial charge on any atom is -0.335 e. The van der Waals surface area contributed by atoms with E-state index in [4.69, 9.17) is 29.9 Å². The third-order valence-corrected chi connectivity index (χ3v) is 12.0. The lowest BCUT2D eigenvalue weighted by molar-refractivity contribution is 1.05. The summed E-state index contributed by atoms with van der Waals surface area (Å²) in [5.74, 6) is 1.66. The summed E-state index contributed by atoms with van der Waals surface area (Å²) >= 11 is 0. The third-order valence-electron chi connectivity index (χ3n) is 12.0. The van der Waals surface area contributed by atoms with E-state index in [1.54, 1.807) is 0 Å². The number of allylic oxidation sites excluding steroid dienone is 4. The Morgan fingerprint density at radius 3 is 1.22 bits per heavy atom. The van der Waals surface area contributed by atoms with Crippen LogP contribution < -0.4 is 4.90 Å². The predicted molar refractivity (Wildman–Crippen MR) is 259 cm³/mol. The van der Waals surface area contributed by atoms with E-state index < -0.39 is 0 Å². The van der Waals surface area contributed by atoms with Crippen LogP contribution in [0.5, 0.6) is 0 Å². The lowest BCUT2D eigenvalue weighted by atomic mass is 10.0. The minimum absolute atomic E-state index is 0.551. The van der Waals surface area contributed by atoms with Gasteiger partial charge in [-0.15, -0.1) is 0 Å². The first kappa shape index (κ1) is 37.0. The van der Waals surface area contributed by atoms with Crippen LogP contribution in [0.1, 0.15) is 5.56 Å². The fourth-order valence-electron chi connectivity index (χ4n) is 9.03. The Balaban J connectivity index is 0.958. The summed E-state index contributed by atoms with van der Waals surface area (Å²) in [6.45, 7) is 4.97. The van der Waals surface area contributed by atoms with Gasteiger partial charge < -0.3 is 14.0 Å². The molecule has 9 nitrogen and oxygen atoms in total. The molecule has 0 atom stereocenters. The van der Waals surface area contributed by atoms with Crippen LogP contribution in [0.3, 0.4) is 0 Å². The number of anilines is 2. The fraction of sp³-hybridized carbons (Fsp3) is 0.0182. The topological polar surface area (TPSA) is 90.4 Å². The highest BCUT2D eigenvalue weighted by Crippen LogP contribution is 2.37. The van der Waals surface area contributed by atoms with Gasteiger partial charge in [0.05, 0.1) is 76.3 Å². The number of para-hydroxylation sites is 5. The van der Waals surface area contributed by atoms with Crippen molar-refractivity contribution in [1.82, 2.24) is 39.0 Å². The van der Waals surface area contributed by atoms with Crippen molar-refractivity contribution < 1.29 is 0 Å². The van der Waals surface area contributed by atoms with Gasteiger partial charge in [0.2, 0.25) is 0 Å². The average molecular weight is 824 g/mol. The van der Waals surface area contributed by atoms with Crippen LogP contribution in [0, 0.1) is 0 Å². The molecule has 0 bridgehead atoms. The molecular weight excluding hydrogens is 787 g/mol. The zero-order valence-corrected chi connectivity index (χ0v) is 34.5. The molecule has 1 aliphatic heterocycles. The van der Waals surface area contributed by atoms with E-state index in [9.17, 15) is 0 Å². The van der Waals surface area contributed by atoms with Crippen molar-refractivity contribution in [2.45, 2.75) is 0 Å². The van der Waals surface area contributed by atoms with Crippen LogP contribution in [-0.4, -0.2) is 45.6 Å². The SMILES string of the molecule is C=C1/C=C\C=C/CN(c2cnc(-c3cc(-c4ncc(-n5c6ccccc6c6ccccc65)cn4)cc(-c4ncc(-n5c6ccccc6c6ccccc65)cn4)c3)nc2)c2ccccc21. The number of aromatic nitrogens is 8. The summed E-state index contributed by atoms with van der Waals surface area (Å²) in [4.78, 5) is 32.1. The Labute approximate surface area is 368 Å². The van der Waals surface area contributed by atoms with Gasteiger partial charge in [-0.1, -0.05) is 122 Å². The highest BCUT2D eigenvalue weighted by Gasteiger charge is 2.19. The monoisotopic (exact) mass is 823 g/mol. The summed E-state index contributed by atoms with van der Waals surface area (Å²) in [5.41, 5.74) is 12.4. The summed E-state index contributed by atoms with van der Waals surface area (Å²) < 4.78 is 4.43. The summed E-state index contributed by atoms with van der Waals surface area (Å²) in [6.07, 6.45) is 19.5. The van der Waals surface area contributed by atoms with Crippen LogP contribution in [0.2, 0.25) is 0 Å². The molecule has 0 aliphatic carbocycles. The molecule has 0 N–H and O–H groups in total. The van der Waals surface area contributed by atoms with Gasteiger partial charge in [0.15, 0.2) is 17.5 Å². The molecule has 0 radical (unpaired) electrons. The second kappa shape index (κ2) is 15.3. The quantitative estimate of drug-likeness (QED) is 0.165. The maximum absolute atomic E-state index is 4.98. The van der Waals surface area contributed by atoms with Gasteiger partial charge in [-0.3, -0.25) is 0 Å². The molecule has 0 fully saturated rings. The molecule has 0 spiro atoms. The maximum Gasteiger partial charge on any atom is 0.159 e. The van der Waals surface area contributed by atoms with E-state index in [1.807, 2.05) is 85.7 Å². The van der Waals surface area contributed by atoms with Crippen molar-refractivity contribution in [3.63, 3.8) is 0 Å². The molecule has 1 aliphatic rings. The van der Waals surface area contributed by atoms with Crippen LogP contribution in [-0.2, 0) is 0 Å². The fourth-order valence-corrected chi connectivity index (χ4v) is 9.03. The number of fused-ring (bicyclic) bond motifs is 7. The smallest absolute Gasteiger partial charge is 0.159 e. The number of rotatable bonds is 6. The first-order valence-electron chi connectivity index (χ1n) is 21.1. The molecule has 9 heteroatoms. The van der Waals surface area contributed by atoms with Crippen molar-refractivity contribution in [3.8, 4) is 45.5 Å². The van der Waals surface area contributed by atoms with E-state index in [-0.39, 0.29) is 0 Å². The Bertz CT molecular complexity index is 3370. The Hall–Kier alpha value is -8.82. The normalized spacial score (nSPS) is 13.8. The average Bonchev–Trinajstić information content (AvgIpc) is 3.90. The minimum atomic E-state index is 0.551. The summed E-state index contributed by atoms with van der Waals surface area (Å²) in [7, 11) is 0. The molecule has 0 saturated carbocycles. The molecule has 0 amide bonds. The molecule has 0 saturated heterocycles. The van der Waals surface area contributed by atoms with Crippen molar-refractivity contribution >= 4 is 60.6 Å². The first-order valence-corrected chi connectivity index (χ1v) is 21.1. The summed E-state index contributed by atoms with van der Waals surface area (Å²) in [6, 6.07) is 48.1. The number of benzene rings is 6. The molecule has 64 heavy (non-hydrogen) atoms. The number of hydrogen-bond donors (Lipinski definition) is 0. The molecule has 302 valence electrons. The highest BCUT2D eigenvalue weighted by atomic mass is 15.2.